The molecule has 3 aromatic carbocycles. The van der Waals surface area contributed by atoms with E-state index in [1.807, 2.05) is 40.8 Å². The average Bonchev–Trinajstić information content (AvgIpc) is 2.84. The molecule has 3 aromatic rings. The van der Waals surface area contributed by atoms with Crippen LogP contribution in [0.1, 0.15) is 11.1 Å². The zero-order valence-electron chi connectivity index (χ0n) is 18.6. The number of nitro groups is 1. The van der Waals surface area contributed by atoms with Gasteiger partial charge in [0.25, 0.3) is 11.6 Å². The summed E-state index contributed by atoms with van der Waals surface area (Å²) < 4.78 is 11.7. The van der Waals surface area contributed by atoms with Gasteiger partial charge >= 0.3 is 0 Å². The number of benzene rings is 3. The maximum absolute atomic E-state index is 12.2. The highest BCUT2D eigenvalue weighted by molar-refractivity contribution is 14.1. The van der Waals surface area contributed by atoms with Gasteiger partial charge in [-0.25, -0.2) is 5.43 Å². The van der Waals surface area contributed by atoms with Crippen molar-refractivity contribution < 1.29 is 24.0 Å². The third kappa shape index (κ3) is 7.50. The lowest BCUT2D eigenvalue weighted by atomic mass is 10.1. The van der Waals surface area contributed by atoms with E-state index in [0.717, 1.165) is 0 Å². The number of nitrogens with one attached hydrogen (secondary N) is 2. The van der Waals surface area contributed by atoms with E-state index in [1.54, 1.807) is 30.3 Å². The Bertz CT molecular complexity index is 1250. The minimum absolute atomic E-state index is 0.126. The molecule has 3 rings (SSSR count). The monoisotopic (exact) mass is 588 g/mol. The molecule has 0 radical (unpaired) electrons. The Hall–Kier alpha value is -4.00. The van der Waals surface area contributed by atoms with Gasteiger partial charge in [-0.15, -0.1) is 0 Å². The molecule has 0 unspecified atom stereocenters. The number of anilines is 1. The third-order valence-corrected chi connectivity index (χ3v) is 5.40. The van der Waals surface area contributed by atoms with E-state index in [4.69, 9.17) is 9.47 Å². The number of hydrogen-bond acceptors (Lipinski definition) is 7. The van der Waals surface area contributed by atoms with Gasteiger partial charge in [0.2, 0.25) is 5.91 Å². The normalized spacial score (nSPS) is 10.6. The molecule has 180 valence electrons. The summed E-state index contributed by atoms with van der Waals surface area (Å²) in [5.74, 6) is -0.0337. The van der Waals surface area contributed by atoms with E-state index in [1.165, 1.54) is 31.5 Å². The van der Waals surface area contributed by atoms with Gasteiger partial charge < -0.3 is 14.8 Å². The number of carbonyl (C=O) groups excluding carboxylic acids is 2. The van der Waals surface area contributed by atoms with Gasteiger partial charge in [0.05, 0.1) is 28.2 Å². The smallest absolute Gasteiger partial charge is 0.273 e. The molecule has 0 aliphatic rings. The van der Waals surface area contributed by atoms with Crippen molar-refractivity contribution in [3.63, 3.8) is 0 Å². The van der Waals surface area contributed by atoms with Crippen LogP contribution in [0.4, 0.5) is 11.4 Å². The summed E-state index contributed by atoms with van der Waals surface area (Å²) in [7, 11) is 1.47. The number of amides is 2. The summed E-state index contributed by atoms with van der Waals surface area (Å²) in [4.78, 5) is 34.9. The van der Waals surface area contributed by atoms with E-state index in [-0.39, 0.29) is 24.6 Å². The second-order valence-corrected chi connectivity index (χ2v) is 8.25. The molecule has 35 heavy (non-hydrogen) atoms. The van der Waals surface area contributed by atoms with Crippen molar-refractivity contribution >= 4 is 52.0 Å². The molecule has 0 bridgehead atoms. The highest BCUT2D eigenvalue weighted by atomic mass is 127. The zero-order chi connectivity index (χ0) is 25.2. The molecule has 2 amide bonds. The average molecular weight is 588 g/mol. The summed E-state index contributed by atoms with van der Waals surface area (Å²) in [6.45, 7) is -0.212. The predicted molar refractivity (Wildman–Crippen MR) is 139 cm³/mol. The standard InChI is InChI=1S/C24H21IN4O6/c1-34-21-12-16(14-26-28-22(30)13-17-7-5-6-10-20(17)29(32)33)11-19(25)24(21)35-15-23(31)27-18-8-3-2-4-9-18/h2-12,14H,13,15H2,1H3,(H,27,31)(H,28,30)/b26-14+. The number of halogens is 1. The molecule has 0 aliphatic heterocycles. The van der Waals surface area contributed by atoms with Gasteiger partial charge in [-0.3, -0.25) is 19.7 Å². The van der Waals surface area contributed by atoms with Crippen molar-refractivity contribution in [2.45, 2.75) is 6.42 Å². The van der Waals surface area contributed by atoms with E-state index in [0.29, 0.717) is 31.9 Å². The lowest BCUT2D eigenvalue weighted by molar-refractivity contribution is -0.385. The molecule has 10 nitrogen and oxygen atoms in total. The molecule has 0 heterocycles. The van der Waals surface area contributed by atoms with Crippen molar-refractivity contribution in [3.8, 4) is 11.5 Å². The van der Waals surface area contributed by atoms with Crippen molar-refractivity contribution in [1.29, 1.82) is 0 Å². The molecule has 0 atom stereocenters. The van der Waals surface area contributed by atoms with Crippen molar-refractivity contribution in [2.24, 2.45) is 5.10 Å². The number of ether oxygens (including phenoxy) is 2. The van der Waals surface area contributed by atoms with Crippen LogP contribution in [0, 0.1) is 13.7 Å². The molecule has 0 aliphatic carbocycles. The molecular weight excluding hydrogens is 567 g/mol. The minimum Gasteiger partial charge on any atom is -0.493 e. The first kappa shape index (κ1) is 25.6. The molecular formula is C24H21IN4O6. The SMILES string of the molecule is COc1cc(/C=N/NC(=O)Cc2ccccc2[N+](=O)[O-])cc(I)c1OCC(=O)Nc1ccccc1. The fraction of sp³-hybridized carbons (Fsp3) is 0.125. The number of methoxy groups -OCH3 is 1. The minimum atomic E-state index is -0.533. The number of nitro benzene ring substituents is 1. The quantitative estimate of drug-likeness (QED) is 0.160. The summed E-state index contributed by atoms with van der Waals surface area (Å²) >= 11 is 2.05. The Morgan fingerprint density at radius 1 is 1.09 bits per heavy atom. The van der Waals surface area contributed by atoms with Gasteiger partial charge in [-0.2, -0.15) is 5.10 Å². The number of hydrazone groups is 1. The molecule has 0 saturated heterocycles. The highest BCUT2D eigenvalue weighted by Gasteiger charge is 2.16. The van der Waals surface area contributed by atoms with Gasteiger partial charge in [-0.1, -0.05) is 36.4 Å². The number of carbonyl (C=O) groups is 2. The largest absolute Gasteiger partial charge is 0.493 e. The van der Waals surface area contributed by atoms with Gasteiger partial charge in [-0.05, 0) is 52.4 Å². The topological polar surface area (TPSA) is 132 Å². The third-order valence-electron chi connectivity index (χ3n) is 4.60. The van der Waals surface area contributed by atoms with E-state index < -0.39 is 10.8 Å². The number of rotatable bonds is 10. The van der Waals surface area contributed by atoms with E-state index in [2.05, 4.69) is 15.8 Å². The molecule has 0 fully saturated rings. The van der Waals surface area contributed by atoms with E-state index >= 15 is 0 Å². The van der Waals surface area contributed by atoms with Crippen LogP contribution in [0.3, 0.4) is 0 Å². The van der Waals surface area contributed by atoms with Gasteiger partial charge in [0.1, 0.15) is 0 Å². The van der Waals surface area contributed by atoms with Crippen LogP contribution in [-0.4, -0.2) is 36.7 Å². The Morgan fingerprint density at radius 3 is 2.51 bits per heavy atom. The van der Waals surface area contributed by atoms with Crippen LogP contribution in [0.5, 0.6) is 11.5 Å². The highest BCUT2D eigenvalue weighted by Crippen LogP contribution is 2.33. The van der Waals surface area contributed by atoms with Crippen LogP contribution in [0.15, 0.2) is 71.8 Å². The molecule has 0 aromatic heterocycles. The maximum Gasteiger partial charge on any atom is 0.273 e. The van der Waals surface area contributed by atoms with Crippen molar-refractivity contribution in [2.75, 3.05) is 19.0 Å². The van der Waals surface area contributed by atoms with E-state index in [9.17, 15) is 19.7 Å². The Morgan fingerprint density at radius 2 is 1.80 bits per heavy atom. The molecule has 0 saturated carbocycles. The predicted octanol–water partition coefficient (Wildman–Crippen LogP) is 3.92. The lowest BCUT2D eigenvalue weighted by Crippen LogP contribution is -2.21. The number of para-hydroxylation sites is 2. The van der Waals surface area contributed by atoms with Crippen LogP contribution < -0.4 is 20.2 Å². The second-order valence-electron chi connectivity index (χ2n) is 7.09. The zero-order valence-corrected chi connectivity index (χ0v) is 20.7. The van der Waals surface area contributed by atoms with Crippen molar-refractivity contribution in [3.05, 3.63) is 91.5 Å². The first-order valence-corrected chi connectivity index (χ1v) is 11.3. The molecule has 11 heteroatoms. The van der Waals surface area contributed by atoms with Gasteiger partial charge in [0, 0.05) is 17.3 Å². The Balaban J connectivity index is 1.60. The van der Waals surface area contributed by atoms with Gasteiger partial charge in [0.15, 0.2) is 18.1 Å². The van der Waals surface area contributed by atoms with Crippen LogP contribution >= 0.6 is 22.6 Å². The van der Waals surface area contributed by atoms with Crippen LogP contribution in [0.2, 0.25) is 0 Å². The fourth-order valence-electron chi connectivity index (χ4n) is 3.04. The lowest BCUT2D eigenvalue weighted by Gasteiger charge is -2.13. The second kappa shape index (κ2) is 12.5. The summed E-state index contributed by atoms with van der Waals surface area (Å²) in [6, 6.07) is 18.4. The first-order valence-electron chi connectivity index (χ1n) is 10.3. The van der Waals surface area contributed by atoms with Crippen molar-refractivity contribution in [1.82, 2.24) is 5.43 Å². The van der Waals surface area contributed by atoms with Crippen LogP contribution in [-0.2, 0) is 16.0 Å². The van der Waals surface area contributed by atoms with Crippen LogP contribution in [0.25, 0.3) is 0 Å². The Kier molecular flexibility index (Phi) is 9.12. The first-order chi connectivity index (χ1) is 16.9. The number of hydrogen-bond donors (Lipinski definition) is 2. The molecule has 0 spiro atoms. The fourth-order valence-corrected chi connectivity index (χ4v) is 3.82. The number of nitrogens with zero attached hydrogens (tertiary/aromatic N) is 2. The summed E-state index contributed by atoms with van der Waals surface area (Å²) in [5, 5.41) is 17.7. The molecule has 2 N–H and O–H groups in total. The summed E-state index contributed by atoms with van der Waals surface area (Å²) in [6.07, 6.45) is 1.22. The maximum atomic E-state index is 12.2. The summed E-state index contributed by atoms with van der Waals surface area (Å²) in [5.41, 5.74) is 3.80. The Labute approximate surface area is 214 Å².